The molecule has 70 valence electrons. The van der Waals surface area contributed by atoms with Gasteiger partial charge in [0.1, 0.15) is 5.03 Å². The molecule has 0 unspecified atom stereocenters. The Hall–Kier alpha value is -1.55. The molecule has 2 rings (SSSR count). The monoisotopic (exact) mass is 205 g/mol. The first-order chi connectivity index (χ1) is 6.79. The van der Waals surface area contributed by atoms with Crippen LogP contribution in [0.1, 0.15) is 0 Å². The quantitative estimate of drug-likeness (QED) is 0.527. The summed E-state index contributed by atoms with van der Waals surface area (Å²) in [5, 5.41) is 0.564. The maximum absolute atomic E-state index is 11.6. The van der Waals surface area contributed by atoms with Crippen molar-refractivity contribution in [3.05, 3.63) is 53.1 Å². The molecule has 3 nitrogen and oxygen atoms in total. The van der Waals surface area contributed by atoms with Crippen molar-refractivity contribution in [2.24, 2.45) is 0 Å². The Balaban J connectivity index is 2.69. The molecule has 2 heterocycles. The Morgan fingerprint density at radius 1 is 1.21 bits per heavy atom. The van der Waals surface area contributed by atoms with Gasteiger partial charge in [0.25, 0.3) is 11.1 Å². The highest BCUT2D eigenvalue weighted by molar-refractivity contribution is 7.80. The molecule has 0 aliphatic heterocycles. The highest BCUT2D eigenvalue weighted by Crippen LogP contribution is 2.03. The van der Waals surface area contributed by atoms with E-state index >= 15 is 0 Å². The van der Waals surface area contributed by atoms with E-state index in [0.717, 1.165) is 0 Å². The Labute approximate surface area is 86.5 Å². The summed E-state index contributed by atoms with van der Waals surface area (Å²) in [4.78, 5) is 14.4. The van der Waals surface area contributed by atoms with Crippen molar-refractivity contribution in [1.29, 1.82) is 0 Å². The van der Waals surface area contributed by atoms with Crippen molar-refractivity contribution in [2.75, 3.05) is 0 Å². The van der Waals surface area contributed by atoms with Crippen molar-refractivity contribution in [3.8, 4) is 5.69 Å². The van der Waals surface area contributed by atoms with Gasteiger partial charge in [0.05, 0.1) is 0 Å². The van der Waals surface area contributed by atoms with Crippen molar-refractivity contribution in [1.82, 2.24) is 4.98 Å². The van der Waals surface area contributed by atoms with E-state index in [1.807, 2.05) is 30.6 Å². The molecule has 0 saturated carbocycles. The SMILES string of the molecule is O=c1cc[nH]c(S)c1-[n+]1ccccc1. The van der Waals surface area contributed by atoms with Crippen LogP contribution in [0, 0.1) is 0 Å². The summed E-state index contributed by atoms with van der Waals surface area (Å²) in [5.41, 5.74) is 0.487. The van der Waals surface area contributed by atoms with Crippen LogP contribution < -0.4 is 10.00 Å². The van der Waals surface area contributed by atoms with Crippen molar-refractivity contribution in [3.63, 3.8) is 0 Å². The number of rotatable bonds is 1. The van der Waals surface area contributed by atoms with Gasteiger partial charge in [0.2, 0.25) is 0 Å². The minimum absolute atomic E-state index is 0.0510. The molecule has 2 aromatic rings. The molecule has 0 saturated heterocycles. The van der Waals surface area contributed by atoms with Crippen LogP contribution in [0.4, 0.5) is 0 Å². The second-order valence-electron chi connectivity index (χ2n) is 2.82. The van der Waals surface area contributed by atoms with Gasteiger partial charge in [-0.05, 0) is 0 Å². The molecule has 0 radical (unpaired) electrons. The molecule has 0 fully saturated rings. The summed E-state index contributed by atoms with van der Waals surface area (Å²) < 4.78 is 1.74. The van der Waals surface area contributed by atoms with Gasteiger partial charge in [-0.2, -0.15) is 4.57 Å². The molecule has 0 aromatic carbocycles. The van der Waals surface area contributed by atoms with Crippen LogP contribution in [0.15, 0.2) is 52.7 Å². The fraction of sp³-hybridized carbons (Fsp3) is 0. The fourth-order valence-corrected chi connectivity index (χ4v) is 1.56. The van der Waals surface area contributed by atoms with Gasteiger partial charge in [-0.3, -0.25) is 4.79 Å². The third-order valence-electron chi connectivity index (χ3n) is 1.89. The highest BCUT2D eigenvalue weighted by Gasteiger charge is 2.13. The van der Waals surface area contributed by atoms with Crippen molar-refractivity contribution < 1.29 is 4.57 Å². The maximum Gasteiger partial charge on any atom is 0.288 e. The number of thiol groups is 1. The van der Waals surface area contributed by atoms with Gasteiger partial charge in [-0.15, -0.1) is 12.6 Å². The summed E-state index contributed by atoms with van der Waals surface area (Å²) in [5.74, 6) is 0. The van der Waals surface area contributed by atoms with Crippen molar-refractivity contribution >= 4 is 12.6 Å². The number of hydrogen-bond acceptors (Lipinski definition) is 2. The van der Waals surface area contributed by atoms with Crippen molar-refractivity contribution in [2.45, 2.75) is 5.03 Å². The summed E-state index contributed by atoms with van der Waals surface area (Å²) in [7, 11) is 0. The molecule has 0 aliphatic carbocycles. The first-order valence-electron chi connectivity index (χ1n) is 4.16. The highest BCUT2D eigenvalue weighted by atomic mass is 32.1. The average molecular weight is 205 g/mol. The third-order valence-corrected chi connectivity index (χ3v) is 2.23. The van der Waals surface area contributed by atoms with E-state index in [1.165, 1.54) is 6.07 Å². The van der Waals surface area contributed by atoms with Crippen LogP contribution in [0.25, 0.3) is 5.69 Å². The lowest BCUT2D eigenvalue weighted by Gasteiger charge is -1.96. The number of H-pyrrole nitrogens is 1. The van der Waals surface area contributed by atoms with E-state index in [4.69, 9.17) is 0 Å². The number of aromatic nitrogens is 2. The Morgan fingerprint density at radius 3 is 2.57 bits per heavy atom. The van der Waals surface area contributed by atoms with Crippen LogP contribution in [0.3, 0.4) is 0 Å². The lowest BCUT2D eigenvalue weighted by Crippen LogP contribution is -2.36. The van der Waals surface area contributed by atoms with Gasteiger partial charge < -0.3 is 4.98 Å². The minimum atomic E-state index is -0.0510. The Morgan fingerprint density at radius 2 is 1.93 bits per heavy atom. The van der Waals surface area contributed by atoms with E-state index in [2.05, 4.69) is 17.6 Å². The van der Waals surface area contributed by atoms with E-state index in [0.29, 0.717) is 10.7 Å². The Kier molecular flexibility index (Phi) is 2.37. The third kappa shape index (κ3) is 1.56. The van der Waals surface area contributed by atoms with E-state index in [-0.39, 0.29) is 5.43 Å². The first-order valence-corrected chi connectivity index (χ1v) is 4.61. The largest absolute Gasteiger partial charge is 0.351 e. The number of nitrogens with one attached hydrogen (secondary N) is 1. The molecule has 0 amide bonds. The zero-order valence-electron chi connectivity index (χ0n) is 7.34. The van der Waals surface area contributed by atoms with Gasteiger partial charge in [0, 0.05) is 24.4 Å². The molecular formula is C10H9N2OS+. The van der Waals surface area contributed by atoms with Gasteiger partial charge >= 0.3 is 0 Å². The second kappa shape index (κ2) is 3.67. The molecular weight excluding hydrogens is 196 g/mol. The smallest absolute Gasteiger partial charge is 0.288 e. The fourth-order valence-electron chi connectivity index (χ4n) is 1.26. The van der Waals surface area contributed by atoms with Crippen LogP contribution in [-0.4, -0.2) is 4.98 Å². The maximum atomic E-state index is 11.6. The van der Waals surface area contributed by atoms with E-state index < -0.39 is 0 Å². The molecule has 0 bridgehead atoms. The van der Waals surface area contributed by atoms with Crippen LogP contribution >= 0.6 is 12.6 Å². The minimum Gasteiger partial charge on any atom is -0.351 e. The second-order valence-corrected chi connectivity index (χ2v) is 3.27. The zero-order chi connectivity index (χ0) is 9.97. The molecule has 0 atom stereocenters. The molecule has 14 heavy (non-hydrogen) atoms. The van der Waals surface area contributed by atoms with Crippen LogP contribution in [-0.2, 0) is 0 Å². The normalized spacial score (nSPS) is 10.1. The lowest BCUT2D eigenvalue weighted by atomic mass is 10.4. The van der Waals surface area contributed by atoms with E-state index in [1.54, 1.807) is 10.8 Å². The number of pyridine rings is 2. The lowest BCUT2D eigenvalue weighted by molar-refractivity contribution is -0.599. The standard InChI is InChI=1S/C10H8N2OS/c13-8-4-5-11-10(14)9(8)12-6-2-1-3-7-12/h1-7H,(H-,11,13,14)/p+1. The first kappa shape index (κ1) is 9.02. The van der Waals surface area contributed by atoms with E-state index in [9.17, 15) is 4.79 Å². The molecule has 4 heteroatoms. The van der Waals surface area contributed by atoms with Gasteiger partial charge in [0.15, 0.2) is 12.4 Å². The summed E-state index contributed by atoms with van der Waals surface area (Å²) in [6, 6.07) is 7.10. The van der Waals surface area contributed by atoms with Gasteiger partial charge in [-0.25, -0.2) is 0 Å². The van der Waals surface area contributed by atoms with Gasteiger partial charge in [-0.1, -0.05) is 6.07 Å². The summed E-state index contributed by atoms with van der Waals surface area (Å²) >= 11 is 4.20. The number of nitrogens with zero attached hydrogens (tertiary/aromatic N) is 1. The molecule has 1 N–H and O–H groups in total. The summed E-state index contributed by atoms with van der Waals surface area (Å²) in [6.45, 7) is 0. The number of hydrogen-bond donors (Lipinski definition) is 2. The van der Waals surface area contributed by atoms with Crippen LogP contribution in [0.5, 0.6) is 0 Å². The zero-order valence-corrected chi connectivity index (χ0v) is 8.24. The van der Waals surface area contributed by atoms with Crippen LogP contribution in [0.2, 0.25) is 0 Å². The molecule has 2 aromatic heterocycles. The number of aromatic amines is 1. The average Bonchev–Trinajstić information content (AvgIpc) is 2.19. The Bertz CT molecular complexity index is 493. The molecule has 0 aliphatic rings. The predicted molar refractivity (Wildman–Crippen MR) is 55.8 cm³/mol. The molecule has 0 spiro atoms. The predicted octanol–water partition coefficient (Wildman–Crippen LogP) is 0.940. The topological polar surface area (TPSA) is 36.7 Å². The summed E-state index contributed by atoms with van der Waals surface area (Å²) in [6.07, 6.45) is 5.20.